The van der Waals surface area contributed by atoms with Crippen LogP contribution >= 0.6 is 0 Å². The molecule has 1 nitrogen and oxygen atoms in total. The predicted molar refractivity (Wildman–Crippen MR) is 60.3 cm³/mol. The largest absolute Gasteiger partial charge is 0.311 e. The highest BCUT2D eigenvalue weighted by molar-refractivity contribution is 5.21. The molecule has 88 valence electrons. The zero-order valence-electron chi connectivity index (χ0n) is 9.52. The molecule has 0 radical (unpaired) electrons. The van der Waals surface area contributed by atoms with E-state index in [0.29, 0.717) is 12.0 Å². The van der Waals surface area contributed by atoms with Gasteiger partial charge in [0, 0.05) is 11.6 Å². The molecule has 0 aliphatic carbocycles. The third-order valence-electron chi connectivity index (χ3n) is 3.55. The first-order valence-electron chi connectivity index (χ1n) is 5.84. The smallest absolute Gasteiger partial charge is 0.129 e. The van der Waals surface area contributed by atoms with Gasteiger partial charge >= 0.3 is 0 Å². The number of hydrogen-bond acceptors (Lipinski definition) is 1. The van der Waals surface area contributed by atoms with Crippen LogP contribution in [0.3, 0.4) is 0 Å². The second-order valence-corrected chi connectivity index (χ2v) is 4.58. The molecule has 1 unspecified atom stereocenters. The van der Waals surface area contributed by atoms with Crippen LogP contribution in [0.15, 0.2) is 18.2 Å². The van der Waals surface area contributed by atoms with E-state index in [1.54, 1.807) is 6.07 Å². The molecule has 1 N–H and O–H groups in total. The lowest BCUT2D eigenvalue weighted by Crippen LogP contribution is -2.41. The lowest BCUT2D eigenvalue weighted by molar-refractivity contribution is 0.354. The van der Waals surface area contributed by atoms with Crippen LogP contribution < -0.4 is 5.32 Å². The van der Waals surface area contributed by atoms with Gasteiger partial charge in [-0.05, 0) is 43.9 Å². The van der Waals surface area contributed by atoms with Gasteiger partial charge in [0.05, 0.1) is 0 Å². The van der Waals surface area contributed by atoms with E-state index < -0.39 is 11.6 Å². The van der Waals surface area contributed by atoms with Gasteiger partial charge in [0.1, 0.15) is 11.6 Å². The van der Waals surface area contributed by atoms with E-state index >= 15 is 0 Å². The van der Waals surface area contributed by atoms with Crippen LogP contribution in [0.25, 0.3) is 0 Å². The molecule has 16 heavy (non-hydrogen) atoms. The van der Waals surface area contributed by atoms with Crippen LogP contribution in [-0.4, -0.2) is 12.1 Å². The number of rotatable bonds is 3. The highest BCUT2D eigenvalue weighted by Gasteiger charge is 2.32. The Labute approximate surface area is 94.9 Å². The molecule has 0 saturated carbocycles. The summed E-state index contributed by atoms with van der Waals surface area (Å²) in [7, 11) is 0. The van der Waals surface area contributed by atoms with Gasteiger partial charge in [0.25, 0.3) is 0 Å². The molecule has 1 saturated heterocycles. The van der Waals surface area contributed by atoms with Gasteiger partial charge in [0.2, 0.25) is 0 Å². The summed E-state index contributed by atoms with van der Waals surface area (Å²) in [5, 5.41) is 3.45. The molecular weight excluding hydrogens is 208 g/mol. The van der Waals surface area contributed by atoms with Gasteiger partial charge in [-0.2, -0.15) is 0 Å². The molecule has 1 aliphatic rings. The van der Waals surface area contributed by atoms with Crippen LogP contribution in [0.5, 0.6) is 0 Å². The minimum Gasteiger partial charge on any atom is -0.311 e. The van der Waals surface area contributed by atoms with Gasteiger partial charge in [-0.15, -0.1) is 0 Å². The quantitative estimate of drug-likeness (QED) is 0.833. The summed E-state index contributed by atoms with van der Waals surface area (Å²) in [5.41, 5.74) is 0.622. The van der Waals surface area contributed by atoms with Crippen LogP contribution in [0.2, 0.25) is 0 Å². The maximum atomic E-state index is 13.5. The van der Waals surface area contributed by atoms with Gasteiger partial charge in [-0.1, -0.05) is 13.0 Å². The van der Waals surface area contributed by atoms with E-state index in [0.717, 1.165) is 31.9 Å². The Hall–Kier alpha value is -0.960. The predicted octanol–water partition coefficient (Wildman–Crippen LogP) is 3.04. The fourth-order valence-electron chi connectivity index (χ4n) is 2.48. The van der Waals surface area contributed by atoms with E-state index in [2.05, 4.69) is 12.2 Å². The summed E-state index contributed by atoms with van der Waals surface area (Å²) in [6.45, 7) is 3.11. The Morgan fingerprint density at radius 2 is 2.19 bits per heavy atom. The molecule has 3 heteroatoms. The zero-order chi connectivity index (χ0) is 11.6. The first kappa shape index (κ1) is 11.5. The fourth-order valence-corrected chi connectivity index (χ4v) is 2.48. The monoisotopic (exact) mass is 225 g/mol. The Bertz CT molecular complexity index is 370. The molecule has 0 spiro atoms. The molecule has 1 fully saturated rings. The highest BCUT2D eigenvalue weighted by atomic mass is 19.1. The number of nitrogens with one attached hydrogen (secondary N) is 1. The van der Waals surface area contributed by atoms with E-state index in [1.807, 2.05) is 0 Å². The summed E-state index contributed by atoms with van der Waals surface area (Å²) in [4.78, 5) is 0. The zero-order valence-corrected chi connectivity index (χ0v) is 9.52. The van der Waals surface area contributed by atoms with Crippen LogP contribution in [-0.2, 0) is 6.42 Å². The minimum atomic E-state index is -0.508. The molecule has 1 aromatic carbocycles. The fraction of sp³-hybridized carbons (Fsp3) is 0.538. The third-order valence-corrected chi connectivity index (χ3v) is 3.55. The van der Waals surface area contributed by atoms with Crippen molar-refractivity contribution in [3.8, 4) is 0 Å². The Kier molecular flexibility index (Phi) is 3.24. The Morgan fingerprint density at radius 3 is 2.75 bits per heavy atom. The summed E-state index contributed by atoms with van der Waals surface area (Å²) >= 11 is 0. The molecule has 0 aromatic heterocycles. The Balaban J connectivity index is 2.19. The maximum Gasteiger partial charge on any atom is 0.129 e. The van der Waals surface area contributed by atoms with Crippen molar-refractivity contribution in [2.24, 2.45) is 0 Å². The topological polar surface area (TPSA) is 12.0 Å². The van der Waals surface area contributed by atoms with Gasteiger partial charge in [-0.3, -0.25) is 0 Å². The summed E-state index contributed by atoms with van der Waals surface area (Å²) < 4.78 is 26.3. The van der Waals surface area contributed by atoms with Crippen molar-refractivity contribution < 1.29 is 8.78 Å². The van der Waals surface area contributed by atoms with E-state index in [9.17, 15) is 8.78 Å². The van der Waals surface area contributed by atoms with E-state index in [1.165, 1.54) is 6.07 Å². The van der Waals surface area contributed by atoms with Crippen molar-refractivity contribution in [1.82, 2.24) is 5.32 Å². The van der Waals surface area contributed by atoms with Crippen LogP contribution in [0.4, 0.5) is 8.78 Å². The number of hydrogen-bond donors (Lipinski definition) is 1. The van der Waals surface area contributed by atoms with Gasteiger partial charge in [0.15, 0.2) is 0 Å². The van der Waals surface area contributed by atoms with Crippen molar-refractivity contribution in [3.05, 3.63) is 35.4 Å². The standard InChI is InChI=1S/C13H17F2N/c1-2-13(6-3-7-16-13)9-10-4-5-11(14)8-12(10)15/h4-5,8,16H,2-3,6-7,9H2,1H3. The molecule has 0 amide bonds. The van der Waals surface area contributed by atoms with E-state index in [4.69, 9.17) is 0 Å². The van der Waals surface area contributed by atoms with Gasteiger partial charge < -0.3 is 5.32 Å². The summed E-state index contributed by atoms with van der Waals surface area (Å²) in [5.74, 6) is -0.937. The number of benzene rings is 1. The Morgan fingerprint density at radius 1 is 1.38 bits per heavy atom. The van der Waals surface area contributed by atoms with Crippen LogP contribution in [0, 0.1) is 11.6 Å². The molecule has 1 atom stereocenters. The van der Waals surface area contributed by atoms with E-state index in [-0.39, 0.29) is 5.54 Å². The highest BCUT2D eigenvalue weighted by Crippen LogP contribution is 2.28. The lowest BCUT2D eigenvalue weighted by atomic mass is 9.87. The van der Waals surface area contributed by atoms with Crippen molar-refractivity contribution in [2.75, 3.05) is 6.54 Å². The first-order valence-corrected chi connectivity index (χ1v) is 5.84. The van der Waals surface area contributed by atoms with Gasteiger partial charge in [-0.25, -0.2) is 8.78 Å². The molecular formula is C13H17F2N. The molecule has 0 bridgehead atoms. The SMILES string of the molecule is CCC1(Cc2ccc(F)cc2F)CCCN1. The normalized spacial score (nSPS) is 24.9. The molecule has 1 aromatic rings. The maximum absolute atomic E-state index is 13.5. The summed E-state index contributed by atoms with van der Waals surface area (Å²) in [6, 6.07) is 3.85. The molecule has 2 rings (SSSR count). The minimum absolute atomic E-state index is 0.0126. The second-order valence-electron chi connectivity index (χ2n) is 4.58. The van der Waals surface area contributed by atoms with Crippen molar-refractivity contribution in [2.45, 2.75) is 38.1 Å². The third kappa shape index (κ3) is 2.24. The molecule has 1 heterocycles. The average Bonchev–Trinajstić information content (AvgIpc) is 2.72. The second kappa shape index (κ2) is 4.50. The van der Waals surface area contributed by atoms with Crippen molar-refractivity contribution >= 4 is 0 Å². The average molecular weight is 225 g/mol. The van der Waals surface area contributed by atoms with Crippen molar-refractivity contribution in [3.63, 3.8) is 0 Å². The lowest BCUT2D eigenvalue weighted by Gasteiger charge is -2.28. The van der Waals surface area contributed by atoms with Crippen LogP contribution in [0.1, 0.15) is 31.7 Å². The number of halogens is 2. The summed E-state index contributed by atoms with van der Waals surface area (Å²) in [6.07, 6.45) is 3.83. The molecule has 1 aliphatic heterocycles. The van der Waals surface area contributed by atoms with Crippen molar-refractivity contribution in [1.29, 1.82) is 0 Å². The first-order chi connectivity index (χ1) is 7.65.